The fourth-order valence-corrected chi connectivity index (χ4v) is 4.98. The number of halogens is 1. The number of amides is 1. The second kappa shape index (κ2) is 8.91. The van der Waals surface area contributed by atoms with Crippen molar-refractivity contribution in [2.24, 2.45) is 0 Å². The van der Waals surface area contributed by atoms with Crippen LogP contribution in [0.5, 0.6) is 0 Å². The van der Waals surface area contributed by atoms with E-state index in [-0.39, 0.29) is 28.0 Å². The number of carbonyl (C=O) groups is 2. The van der Waals surface area contributed by atoms with Crippen molar-refractivity contribution in [2.45, 2.75) is 4.21 Å². The fourth-order valence-electron chi connectivity index (χ4n) is 2.44. The van der Waals surface area contributed by atoms with Gasteiger partial charge in [-0.15, -0.1) is 11.3 Å². The Kier molecular flexibility index (Phi) is 6.55. The van der Waals surface area contributed by atoms with Gasteiger partial charge in [-0.3, -0.25) is 9.52 Å². The van der Waals surface area contributed by atoms with E-state index in [2.05, 4.69) is 4.72 Å². The Morgan fingerprint density at radius 2 is 1.82 bits per heavy atom. The van der Waals surface area contributed by atoms with Crippen molar-refractivity contribution < 1.29 is 27.5 Å². The zero-order valence-electron chi connectivity index (χ0n) is 14.6. The summed E-state index contributed by atoms with van der Waals surface area (Å²) >= 11 is 6.71. The molecule has 0 bridgehead atoms. The molecule has 1 aliphatic rings. The van der Waals surface area contributed by atoms with Gasteiger partial charge < -0.3 is 14.4 Å². The molecule has 1 N–H and O–H groups in total. The monoisotopic (exact) mass is 444 g/mol. The van der Waals surface area contributed by atoms with Crippen LogP contribution in [0.2, 0.25) is 4.34 Å². The van der Waals surface area contributed by atoms with Gasteiger partial charge in [0.05, 0.1) is 23.1 Å². The molecule has 1 aliphatic heterocycles. The van der Waals surface area contributed by atoms with E-state index in [0.29, 0.717) is 30.6 Å². The SMILES string of the molecule is O=C(OCC(=O)N1CCOCC1)c1ccc(NS(=O)(=O)c2ccc(Cl)s2)cc1. The number of benzene rings is 1. The molecule has 11 heteroatoms. The van der Waals surface area contributed by atoms with Crippen LogP contribution >= 0.6 is 22.9 Å². The third-order valence-corrected chi connectivity index (χ3v) is 6.98. The van der Waals surface area contributed by atoms with Crippen LogP contribution in [0.15, 0.2) is 40.6 Å². The Hall–Kier alpha value is -2.14. The zero-order chi connectivity index (χ0) is 20.1. The number of nitrogens with one attached hydrogen (secondary N) is 1. The van der Waals surface area contributed by atoms with E-state index in [0.717, 1.165) is 11.3 Å². The summed E-state index contributed by atoms with van der Waals surface area (Å²) in [6, 6.07) is 8.62. The van der Waals surface area contributed by atoms with Gasteiger partial charge in [0, 0.05) is 18.8 Å². The molecule has 1 amide bonds. The first-order valence-electron chi connectivity index (χ1n) is 8.26. The molecule has 150 valence electrons. The molecule has 0 atom stereocenters. The van der Waals surface area contributed by atoms with E-state index in [4.69, 9.17) is 21.1 Å². The summed E-state index contributed by atoms with van der Waals surface area (Å²) in [4.78, 5) is 25.6. The Balaban J connectivity index is 1.56. The Morgan fingerprint density at radius 3 is 2.43 bits per heavy atom. The van der Waals surface area contributed by atoms with Gasteiger partial charge in [-0.05, 0) is 36.4 Å². The Morgan fingerprint density at radius 1 is 1.14 bits per heavy atom. The topological polar surface area (TPSA) is 102 Å². The maximum absolute atomic E-state index is 12.3. The Labute approximate surface area is 171 Å². The van der Waals surface area contributed by atoms with E-state index in [1.807, 2.05) is 0 Å². The minimum absolute atomic E-state index is 0.0858. The van der Waals surface area contributed by atoms with Gasteiger partial charge in [0.25, 0.3) is 15.9 Å². The van der Waals surface area contributed by atoms with Gasteiger partial charge in [0.15, 0.2) is 6.61 Å². The largest absolute Gasteiger partial charge is 0.452 e. The lowest BCUT2D eigenvalue weighted by atomic mass is 10.2. The number of thiophene rings is 1. The van der Waals surface area contributed by atoms with Crippen LogP contribution in [-0.4, -0.2) is 58.1 Å². The minimum Gasteiger partial charge on any atom is -0.452 e. The van der Waals surface area contributed by atoms with Crippen molar-refractivity contribution in [2.75, 3.05) is 37.6 Å². The summed E-state index contributed by atoms with van der Waals surface area (Å²) < 4.78 is 37.6. The smallest absolute Gasteiger partial charge is 0.338 e. The van der Waals surface area contributed by atoms with E-state index in [1.165, 1.54) is 36.4 Å². The summed E-state index contributed by atoms with van der Waals surface area (Å²) in [5, 5.41) is 0. The highest BCUT2D eigenvalue weighted by molar-refractivity contribution is 7.94. The molecule has 1 saturated heterocycles. The highest BCUT2D eigenvalue weighted by atomic mass is 35.5. The molecule has 0 saturated carbocycles. The van der Waals surface area contributed by atoms with Crippen LogP contribution in [0.25, 0.3) is 0 Å². The Bertz CT molecular complexity index is 952. The summed E-state index contributed by atoms with van der Waals surface area (Å²) in [6.07, 6.45) is 0. The van der Waals surface area contributed by atoms with Gasteiger partial charge in [0.1, 0.15) is 4.21 Å². The molecule has 3 rings (SSSR count). The molecule has 2 aromatic rings. The van der Waals surface area contributed by atoms with Gasteiger partial charge in [-0.2, -0.15) is 0 Å². The number of rotatable bonds is 6. The maximum atomic E-state index is 12.3. The second-order valence-corrected chi connectivity index (χ2v) is 9.44. The lowest BCUT2D eigenvalue weighted by molar-refractivity contribution is -0.138. The molecular formula is C17H17ClN2O6S2. The number of esters is 1. The van der Waals surface area contributed by atoms with Gasteiger partial charge in [-0.25, -0.2) is 13.2 Å². The summed E-state index contributed by atoms with van der Waals surface area (Å²) in [5.74, 6) is -0.948. The predicted octanol–water partition coefficient (Wildman–Crippen LogP) is 2.22. The number of morpholine rings is 1. The van der Waals surface area contributed by atoms with Crippen LogP contribution in [-0.2, 0) is 24.3 Å². The highest BCUT2D eigenvalue weighted by Crippen LogP contribution is 2.27. The quantitative estimate of drug-likeness (QED) is 0.685. The predicted molar refractivity (Wildman–Crippen MR) is 104 cm³/mol. The first-order chi connectivity index (χ1) is 13.3. The summed E-state index contributed by atoms with van der Waals surface area (Å²) in [6.45, 7) is 1.52. The van der Waals surface area contributed by atoms with Crippen LogP contribution in [0.4, 0.5) is 5.69 Å². The van der Waals surface area contributed by atoms with Crippen LogP contribution in [0, 0.1) is 0 Å². The molecule has 0 aliphatic carbocycles. The van der Waals surface area contributed by atoms with E-state index in [1.54, 1.807) is 4.90 Å². The standard InChI is InChI=1S/C17H17ClN2O6S2/c18-14-5-6-16(27-14)28(23,24)19-13-3-1-12(2-4-13)17(22)26-11-15(21)20-7-9-25-10-8-20/h1-6,19H,7-11H2. The van der Waals surface area contributed by atoms with E-state index < -0.39 is 16.0 Å². The van der Waals surface area contributed by atoms with Crippen LogP contribution in [0.3, 0.4) is 0 Å². The van der Waals surface area contributed by atoms with Crippen molar-refractivity contribution in [3.8, 4) is 0 Å². The first kappa shape index (κ1) is 20.6. The average molecular weight is 445 g/mol. The van der Waals surface area contributed by atoms with Gasteiger partial charge in [0.2, 0.25) is 0 Å². The maximum Gasteiger partial charge on any atom is 0.338 e. The van der Waals surface area contributed by atoms with Crippen molar-refractivity contribution in [1.82, 2.24) is 4.90 Å². The van der Waals surface area contributed by atoms with Gasteiger partial charge in [-0.1, -0.05) is 11.6 Å². The third kappa shape index (κ3) is 5.22. The van der Waals surface area contributed by atoms with Crippen LogP contribution in [0.1, 0.15) is 10.4 Å². The molecule has 1 aromatic carbocycles. The molecule has 28 heavy (non-hydrogen) atoms. The van der Waals surface area contributed by atoms with Crippen LogP contribution < -0.4 is 4.72 Å². The van der Waals surface area contributed by atoms with E-state index in [9.17, 15) is 18.0 Å². The van der Waals surface area contributed by atoms with Crippen molar-refractivity contribution in [3.05, 3.63) is 46.3 Å². The molecular weight excluding hydrogens is 428 g/mol. The lowest BCUT2D eigenvalue weighted by Gasteiger charge is -2.26. The second-order valence-electron chi connectivity index (χ2n) is 5.81. The van der Waals surface area contributed by atoms with Crippen molar-refractivity contribution in [1.29, 1.82) is 0 Å². The number of carbonyl (C=O) groups excluding carboxylic acids is 2. The first-order valence-corrected chi connectivity index (χ1v) is 10.9. The number of hydrogen-bond donors (Lipinski definition) is 1. The average Bonchev–Trinajstić information content (AvgIpc) is 3.14. The van der Waals surface area contributed by atoms with Crippen molar-refractivity contribution in [3.63, 3.8) is 0 Å². The molecule has 8 nitrogen and oxygen atoms in total. The summed E-state index contributed by atoms with van der Waals surface area (Å²) in [5.41, 5.74) is 0.488. The third-order valence-electron chi connectivity index (χ3n) is 3.88. The molecule has 0 radical (unpaired) electrons. The highest BCUT2D eigenvalue weighted by Gasteiger charge is 2.20. The number of sulfonamides is 1. The number of hydrogen-bond acceptors (Lipinski definition) is 7. The summed E-state index contributed by atoms with van der Waals surface area (Å²) in [7, 11) is -3.75. The number of ether oxygens (including phenoxy) is 2. The lowest BCUT2D eigenvalue weighted by Crippen LogP contribution is -2.42. The molecule has 1 aromatic heterocycles. The van der Waals surface area contributed by atoms with Gasteiger partial charge >= 0.3 is 5.97 Å². The minimum atomic E-state index is -3.75. The molecule has 1 fully saturated rings. The van der Waals surface area contributed by atoms with Crippen molar-refractivity contribution >= 4 is 50.5 Å². The molecule has 2 heterocycles. The number of nitrogens with zero attached hydrogens (tertiary/aromatic N) is 1. The fraction of sp³-hybridized carbons (Fsp3) is 0.294. The normalized spacial score (nSPS) is 14.5. The number of anilines is 1. The molecule has 0 spiro atoms. The zero-order valence-corrected chi connectivity index (χ0v) is 17.0. The van der Waals surface area contributed by atoms with E-state index >= 15 is 0 Å². The molecule has 0 unspecified atom stereocenters.